The number of hydrogen-bond acceptors (Lipinski definition) is 20. The lowest BCUT2D eigenvalue weighted by Crippen LogP contribution is -2.36. The number of phenols is 4. The Bertz CT molecular complexity index is 3280. The van der Waals surface area contributed by atoms with Crippen LogP contribution in [0.5, 0.6) is 46.0 Å². The van der Waals surface area contributed by atoms with E-state index in [1.165, 1.54) is 0 Å². The van der Waals surface area contributed by atoms with Gasteiger partial charge in [0.05, 0.1) is 24.2 Å². The molecule has 20 nitrogen and oxygen atoms in total. The molecule has 0 bridgehead atoms. The van der Waals surface area contributed by atoms with Gasteiger partial charge < -0.3 is 57.1 Å². The molecule has 4 atom stereocenters. The number of ether oxygens (including phenoxy) is 4. The lowest BCUT2D eigenvalue weighted by molar-refractivity contribution is -0.135. The fraction of sp³-hybridized carbons (Fsp3) is 0.573. The van der Waals surface area contributed by atoms with Crippen LogP contribution in [0.1, 0.15) is 224 Å². The van der Waals surface area contributed by atoms with Crippen LogP contribution in [0.4, 0.5) is 0 Å². The smallest absolute Gasteiger partial charge is 0.334 e. The highest BCUT2D eigenvalue weighted by Gasteiger charge is 2.34. The number of rotatable bonds is 28. The number of carbonyl (C=O) groups is 4. The van der Waals surface area contributed by atoms with Gasteiger partial charge in [-0.2, -0.15) is 0 Å². The van der Waals surface area contributed by atoms with Gasteiger partial charge in [-0.05, 0) is 122 Å². The van der Waals surface area contributed by atoms with Crippen molar-refractivity contribution >= 4 is 65.9 Å². The summed E-state index contributed by atoms with van der Waals surface area (Å²) < 4.78 is 45.7. The van der Waals surface area contributed by atoms with Gasteiger partial charge in [0.15, 0.2) is 0 Å². The number of carbonyl (C=O) groups excluding carboxylic acids is 4. The van der Waals surface area contributed by atoms with Crippen molar-refractivity contribution in [1.29, 1.82) is 0 Å². The Labute approximate surface area is 577 Å². The normalized spacial score (nSPS) is 17.8. The molecule has 2 saturated carbocycles. The number of aliphatic imine (C=N–C) groups is 4. The Morgan fingerprint density at radius 3 is 0.804 bits per heavy atom. The molecule has 0 spiro atoms. The van der Waals surface area contributed by atoms with Crippen LogP contribution in [-0.2, 0) is 58.5 Å². The van der Waals surface area contributed by atoms with Crippen LogP contribution in [0, 0.1) is 0 Å². The van der Waals surface area contributed by atoms with E-state index in [9.17, 15) is 39.6 Å². The SMILES string of the molecule is CO[Si](C)(CCC(=O)Oc1cc(/C=N/[C@@H]2CCCCC2/N=C/c2cc(OC(=O)CCCCCC(=O)Oc3cc(/C=N/C4CCCC[C@H]4/N=C/c4cc(OC(=O)CC[Si](C)(OC)OC)cc(C(C)(C)C)c4O)c(O)c(C(C)(C)C)c3)cc(C(C)(C)C)c2O)c(O)c(C(C)(C)C)c1)OC. The van der Waals surface area contributed by atoms with Gasteiger partial charge in [-0.15, -0.1) is 0 Å². The van der Waals surface area contributed by atoms with E-state index in [2.05, 4.69) is 0 Å². The van der Waals surface area contributed by atoms with Gasteiger partial charge in [0.1, 0.15) is 46.0 Å². The largest absolute Gasteiger partial charge is 0.507 e. The second kappa shape index (κ2) is 34.1. The molecule has 4 aromatic carbocycles. The predicted molar refractivity (Wildman–Crippen MR) is 385 cm³/mol. The van der Waals surface area contributed by atoms with Crippen LogP contribution in [0.15, 0.2) is 68.5 Å². The van der Waals surface area contributed by atoms with Crippen LogP contribution in [0.3, 0.4) is 0 Å². The Hall–Kier alpha value is -7.09. The first-order chi connectivity index (χ1) is 45.4. The van der Waals surface area contributed by atoms with Crippen LogP contribution in [-0.4, -0.2) is 139 Å². The fourth-order valence-corrected chi connectivity index (χ4v) is 14.2. The molecule has 2 aliphatic rings. The average molecular weight is 1380 g/mol. The van der Waals surface area contributed by atoms with Crippen molar-refractivity contribution in [3.05, 3.63) is 93.0 Å². The van der Waals surface area contributed by atoms with E-state index in [1.54, 1.807) is 102 Å². The molecular formula is C75H108N4O16Si2. The standard InChI is InChI=1S/C75H108N4O16Si2/c1-72(2,3)56-40-52(36-48(68(56)84)44-76-60-26-22-24-28-62(60)78-46-50-38-54(42-58(70(50)86)74(7,8)9)94-66(82)32-34-96(17,88-13)89-14)92-64(80)30-20-19-21-31-65(81)93-53-37-49(69(85)57(41-53)73(4,5)6)45-77-61-27-23-25-29-63(61)79-47-51-39-55(43-59(71(51)87)75(10,11)12)95-67(83)33-35-97(18,90-15)91-16/h36-47,60-63,84-87H,19-35H2,1-18H3/b76-44+,77-45+,78-46+,79-47+/t60?,61?,62-,63-/m1/s1. The van der Waals surface area contributed by atoms with Gasteiger partial charge in [0, 0.05) is 136 Å². The molecule has 4 aromatic rings. The number of aromatic hydroxyl groups is 4. The summed E-state index contributed by atoms with van der Waals surface area (Å²) in [6.45, 7) is 27.3. The Balaban J connectivity index is 1.08. The molecule has 2 fully saturated rings. The van der Waals surface area contributed by atoms with Gasteiger partial charge in [-0.3, -0.25) is 39.1 Å². The molecule has 6 rings (SSSR count). The third kappa shape index (κ3) is 23.0. The van der Waals surface area contributed by atoms with Gasteiger partial charge >= 0.3 is 41.0 Å². The van der Waals surface area contributed by atoms with Gasteiger partial charge in [-0.1, -0.05) is 115 Å². The van der Waals surface area contributed by atoms with Crippen molar-refractivity contribution in [2.75, 3.05) is 28.4 Å². The summed E-state index contributed by atoms with van der Waals surface area (Å²) in [6, 6.07) is 12.9. The number of unbranched alkanes of at least 4 members (excludes halogenated alkanes) is 2. The number of benzene rings is 4. The van der Waals surface area contributed by atoms with E-state index in [0.29, 0.717) is 87.4 Å². The quantitative estimate of drug-likeness (QED) is 0.0135. The average Bonchev–Trinajstić information content (AvgIpc) is 0.820. The molecule has 0 aromatic heterocycles. The predicted octanol–water partition coefficient (Wildman–Crippen LogP) is 15.2. The van der Waals surface area contributed by atoms with Crippen LogP contribution >= 0.6 is 0 Å². The number of hydrogen-bond donors (Lipinski definition) is 4. The molecule has 532 valence electrons. The highest BCUT2D eigenvalue weighted by molar-refractivity contribution is 6.66. The summed E-state index contributed by atoms with van der Waals surface area (Å²) in [7, 11) is 1.28. The third-order valence-corrected chi connectivity index (χ3v) is 23.9. The summed E-state index contributed by atoms with van der Waals surface area (Å²) in [5, 5.41) is 46.4. The number of phenolic OH excluding ortho intramolecular Hbond substituents is 4. The molecule has 97 heavy (non-hydrogen) atoms. The first-order valence-electron chi connectivity index (χ1n) is 34.1. The van der Waals surface area contributed by atoms with E-state index in [0.717, 1.165) is 51.4 Å². The Morgan fingerprint density at radius 1 is 0.381 bits per heavy atom. The van der Waals surface area contributed by atoms with E-state index >= 15 is 0 Å². The van der Waals surface area contributed by atoms with Crippen molar-refractivity contribution in [1.82, 2.24) is 0 Å². The monoisotopic (exact) mass is 1380 g/mol. The topological polar surface area (TPSA) is 272 Å². The lowest BCUT2D eigenvalue weighted by Gasteiger charge is -2.26. The Kier molecular flexibility index (Phi) is 27.8. The minimum atomic E-state index is -2.51. The molecule has 0 saturated heterocycles. The molecule has 0 amide bonds. The summed E-state index contributed by atoms with van der Waals surface area (Å²) >= 11 is 0. The second-order valence-corrected chi connectivity index (χ2v) is 37.3. The molecule has 2 unspecified atom stereocenters. The van der Waals surface area contributed by atoms with Gasteiger partial charge in [0.2, 0.25) is 0 Å². The third-order valence-electron chi connectivity index (χ3n) is 18.2. The van der Waals surface area contributed by atoms with Gasteiger partial charge in [-0.25, -0.2) is 0 Å². The van der Waals surface area contributed by atoms with E-state index in [1.807, 2.05) is 96.2 Å². The molecule has 4 N–H and O–H groups in total. The molecule has 0 radical (unpaired) electrons. The van der Waals surface area contributed by atoms with Crippen molar-refractivity contribution in [2.45, 2.75) is 250 Å². The van der Waals surface area contributed by atoms with E-state index in [-0.39, 0.29) is 84.3 Å². The molecule has 22 heteroatoms. The summed E-state index contributed by atoms with van der Waals surface area (Å²) in [5.41, 5.74) is 1.87. The highest BCUT2D eigenvalue weighted by atomic mass is 28.4. The zero-order chi connectivity index (χ0) is 71.8. The van der Waals surface area contributed by atoms with Crippen molar-refractivity contribution in [3.63, 3.8) is 0 Å². The van der Waals surface area contributed by atoms with Crippen molar-refractivity contribution in [2.24, 2.45) is 20.0 Å². The number of esters is 4. The zero-order valence-electron chi connectivity index (χ0n) is 60.7. The second-order valence-electron chi connectivity index (χ2n) is 30.1. The minimum Gasteiger partial charge on any atom is -0.507 e. The van der Waals surface area contributed by atoms with E-state index < -0.39 is 62.7 Å². The maximum Gasteiger partial charge on any atom is 0.334 e. The molecule has 2 aliphatic carbocycles. The highest BCUT2D eigenvalue weighted by Crippen LogP contribution is 2.42. The maximum atomic E-state index is 13.4. The number of nitrogens with zero attached hydrogens (tertiary/aromatic N) is 4. The van der Waals surface area contributed by atoms with E-state index in [4.69, 9.17) is 56.6 Å². The maximum absolute atomic E-state index is 13.4. The van der Waals surface area contributed by atoms with Crippen molar-refractivity contribution in [3.8, 4) is 46.0 Å². The van der Waals surface area contributed by atoms with Gasteiger partial charge in [0.25, 0.3) is 0 Å². The van der Waals surface area contributed by atoms with Crippen LogP contribution < -0.4 is 18.9 Å². The Morgan fingerprint density at radius 2 is 0.598 bits per heavy atom. The minimum absolute atomic E-state index is 0.0232. The molecule has 0 heterocycles. The summed E-state index contributed by atoms with van der Waals surface area (Å²) in [5.74, 6) is -0.595. The zero-order valence-corrected chi connectivity index (χ0v) is 62.7. The fourth-order valence-electron chi connectivity index (χ4n) is 11.7. The molecular weight excluding hydrogens is 1270 g/mol. The first kappa shape index (κ1) is 78.9. The summed E-state index contributed by atoms with van der Waals surface area (Å²) in [6.07, 6.45) is 14.9. The molecule has 0 aliphatic heterocycles. The van der Waals surface area contributed by atoms with Crippen molar-refractivity contribution < 1.29 is 76.3 Å². The lowest BCUT2D eigenvalue weighted by atomic mass is 9.85. The first-order valence-corrected chi connectivity index (χ1v) is 39.1. The van der Waals surface area contributed by atoms with Crippen LogP contribution in [0.2, 0.25) is 25.2 Å². The van der Waals surface area contributed by atoms with Crippen LogP contribution in [0.25, 0.3) is 0 Å². The summed E-state index contributed by atoms with van der Waals surface area (Å²) in [4.78, 5) is 72.9.